The molecule has 9 heteroatoms. The van der Waals surface area contributed by atoms with Crippen molar-refractivity contribution in [1.29, 1.82) is 0 Å². The first kappa shape index (κ1) is 21.3. The average Bonchev–Trinajstić information content (AvgIpc) is 3.02. The molecule has 1 saturated heterocycles. The number of nitrogens with zero attached hydrogens (tertiary/aromatic N) is 2. The van der Waals surface area contributed by atoms with Gasteiger partial charge in [0.25, 0.3) is 11.5 Å². The van der Waals surface area contributed by atoms with E-state index in [0.29, 0.717) is 5.69 Å². The second-order valence-corrected chi connectivity index (χ2v) is 8.33. The molecule has 0 radical (unpaired) electrons. The molecule has 2 aliphatic rings. The van der Waals surface area contributed by atoms with Gasteiger partial charge in [-0.05, 0) is 36.8 Å². The van der Waals surface area contributed by atoms with Gasteiger partial charge in [0.05, 0.1) is 19.9 Å². The molecule has 4 rings (SSSR count). The van der Waals surface area contributed by atoms with Crippen molar-refractivity contribution in [1.82, 2.24) is 0 Å². The van der Waals surface area contributed by atoms with Crippen molar-refractivity contribution in [2.24, 2.45) is 0 Å². The first-order chi connectivity index (χ1) is 14.8. The van der Waals surface area contributed by atoms with Gasteiger partial charge in [-0.15, -0.1) is 0 Å². The van der Waals surface area contributed by atoms with E-state index >= 15 is 0 Å². The number of para-hydroxylation sites is 1. The van der Waals surface area contributed by atoms with E-state index < -0.39 is 23.1 Å². The normalized spacial score (nSPS) is 21.7. The number of esters is 2. The summed E-state index contributed by atoms with van der Waals surface area (Å²) in [5.41, 5.74) is -1.32. The summed E-state index contributed by atoms with van der Waals surface area (Å²) < 4.78 is 10.6. The van der Waals surface area contributed by atoms with Gasteiger partial charge in [0.15, 0.2) is 5.54 Å². The van der Waals surface area contributed by atoms with E-state index in [0.717, 1.165) is 15.7 Å². The number of carbonyl (C=O) groups is 3. The Morgan fingerprint density at radius 3 is 2.23 bits per heavy atom. The molecule has 2 aliphatic heterocycles. The Bertz CT molecular complexity index is 1040. The van der Waals surface area contributed by atoms with Gasteiger partial charge in [-0.1, -0.05) is 34.1 Å². The number of rotatable bonds is 3. The highest BCUT2D eigenvalue weighted by atomic mass is 79.9. The first-order valence-electron chi connectivity index (χ1n) is 9.61. The lowest BCUT2D eigenvalue weighted by Gasteiger charge is -2.48. The summed E-state index contributed by atoms with van der Waals surface area (Å²) in [5.74, 6) is -1.99. The topological polar surface area (TPSA) is 85.4 Å². The summed E-state index contributed by atoms with van der Waals surface area (Å²) in [6, 6.07) is 14.5. The van der Waals surface area contributed by atoms with Crippen LogP contribution in [0.4, 0.5) is 11.4 Å². The van der Waals surface area contributed by atoms with Crippen LogP contribution in [0, 0.1) is 0 Å². The minimum absolute atomic E-state index is 0.0900. The molecule has 162 valence electrons. The smallest absolute Gasteiger partial charge is 0.352 e. The average molecular weight is 489 g/mol. The van der Waals surface area contributed by atoms with Gasteiger partial charge >= 0.3 is 11.9 Å². The highest BCUT2D eigenvalue weighted by molar-refractivity contribution is 9.10. The number of fused-ring (bicyclic) bond motifs is 2. The Labute approximate surface area is 187 Å². The van der Waals surface area contributed by atoms with E-state index in [1.807, 2.05) is 24.3 Å². The van der Waals surface area contributed by atoms with Crippen molar-refractivity contribution in [3.05, 3.63) is 58.6 Å². The monoisotopic (exact) mass is 488 g/mol. The van der Waals surface area contributed by atoms with Crippen LogP contribution in [0.3, 0.4) is 0 Å². The van der Waals surface area contributed by atoms with Crippen LogP contribution in [0.25, 0.3) is 0 Å². The van der Waals surface area contributed by atoms with E-state index in [4.69, 9.17) is 14.3 Å². The van der Waals surface area contributed by atoms with Crippen LogP contribution in [0.5, 0.6) is 0 Å². The molecule has 0 aromatic heterocycles. The third-order valence-electron chi connectivity index (χ3n) is 5.89. The highest BCUT2D eigenvalue weighted by Crippen LogP contribution is 2.52. The molecule has 1 atom stereocenters. The van der Waals surface area contributed by atoms with Crippen LogP contribution in [-0.2, 0) is 34.2 Å². The minimum atomic E-state index is -2.03. The Balaban J connectivity index is 1.94. The van der Waals surface area contributed by atoms with Crippen molar-refractivity contribution in [2.75, 3.05) is 31.2 Å². The fourth-order valence-corrected chi connectivity index (χ4v) is 4.60. The number of anilines is 2. The number of ether oxygens (including phenoxy) is 2. The predicted molar refractivity (Wildman–Crippen MR) is 115 cm³/mol. The number of amides is 1. The molecule has 1 unspecified atom stereocenters. The summed E-state index contributed by atoms with van der Waals surface area (Å²) in [6.45, 7) is 0. The number of likely N-dealkylation sites (N-methyl/N-ethyl adjacent to an activating group) is 1. The molecule has 2 aromatic rings. The van der Waals surface area contributed by atoms with Crippen molar-refractivity contribution in [3.8, 4) is 0 Å². The molecule has 0 saturated carbocycles. The third kappa shape index (κ3) is 2.95. The fraction of sp³-hybridized carbons (Fsp3) is 0.318. The lowest BCUT2D eigenvalue weighted by Crippen LogP contribution is -2.65. The van der Waals surface area contributed by atoms with Gasteiger partial charge in [0, 0.05) is 29.2 Å². The second kappa shape index (κ2) is 7.65. The van der Waals surface area contributed by atoms with Crippen LogP contribution in [0.1, 0.15) is 18.4 Å². The van der Waals surface area contributed by atoms with E-state index in [-0.39, 0.29) is 18.7 Å². The summed E-state index contributed by atoms with van der Waals surface area (Å²) in [4.78, 5) is 46.8. The lowest BCUT2D eigenvalue weighted by atomic mass is 9.80. The zero-order valence-corrected chi connectivity index (χ0v) is 18.8. The van der Waals surface area contributed by atoms with Gasteiger partial charge in [0.2, 0.25) is 0 Å². The van der Waals surface area contributed by atoms with Gasteiger partial charge in [-0.2, -0.15) is 0 Å². The summed E-state index contributed by atoms with van der Waals surface area (Å²) in [6.07, 6.45) is 0.0424. The molecule has 1 fully saturated rings. The molecule has 2 aromatic carbocycles. The fourth-order valence-electron chi connectivity index (χ4n) is 4.33. The van der Waals surface area contributed by atoms with Crippen molar-refractivity contribution < 1.29 is 28.7 Å². The maximum Gasteiger partial charge on any atom is 0.352 e. The predicted octanol–water partition coefficient (Wildman–Crippen LogP) is 2.94. The molecular formula is C22H21BrN2O6. The van der Waals surface area contributed by atoms with Crippen molar-refractivity contribution >= 4 is 45.2 Å². The van der Waals surface area contributed by atoms with Crippen LogP contribution < -0.4 is 9.96 Å². The van der Waals surface area contributed by atoms with E-state index in [1.54, 1.807) is 36.2 Å². The van der Waals surface area contributed by atoms with Gasteiger partial charge in [0.1, 0.15) is 0 Å². The maximum atomic E-state index is 13.6. The van der Waals surface area contributed by atoms with E-state index in [1.165, 1.54) is 19.3 Å². The third-order valence-corrected chi connectivity index (χ3v) is 6.42. The highest BCUT2D eigenvalue weighted by Gasteiger charge is 2.65. The van der Waals surface area contributed by atoms with E-state index in [2.05, 4.69) is 15.9 Å². The molecule has 8 nitrogen and oxygen atoms in total. The number of hydrogen-bond acceptors (Lipinski definition) is 7. The molecule has 2 heterocycles. The maximum absolute atomic E-state index is 13.6. The number of methoxy groups -OCH3 is 2. The van der Waals surface area contributed by atoms with Crippen LogP contribution in [0.2, 0.25) is 0 Å². The molecule has 1 spiro atoms. The first-order valence-corrected chi connectivity index (χ1v) is 10.4. The minimum Gasteiger partial charge on any atom is -0.466 e. The molecular weight excluding hydrogens is 468 g/mol. The largest absolute Gasteiger partial charge is 0.466 e. The van der Waals surface area contributed by atoms with Crippen LogP contribution in [0.15, 0.2) is 53.0 Å². The number of benzene rings is 2. The summed E-state index contributed by atoms with van der Waals surface area (Å²) in [5, 5.41) is 1.36. The second-order valence-electron chi connectivity index (χ2n) is 7.41. The number of carbonyl (C=O) groups excluding carboxylic acids is 3. The van der Waals surface area contributed by atoms with Gasteiger partial charge in [-0.25, -0.2) is 19.5 Å². The molecule has 0 aliphatic carbocycles. The van der Waals surface area contributed by atoms with E-state index in [9.17, 15) is 14.4 Å². The SMILES string of the molecule is COC(=O)C1(C(=O)OC)CCC2(C(=O)N(C)c3ccccc32)N(c2ccc(Br)cc2)O1. The number of hydrogen-bond donors (Lipinski definition) is 0. The Kier molecular flexibility index (Phi) is 5.26. The quantitative estimate of drug-likeness (QED) is 0.484. The van der Waals surface area contributed by atoms with Gasteiger partial charge in [-0.3, -0.25) is 4.79 Å². The Morgan fingerprint density at radius 1 is 1.00 bits per heavy atom. The zero-order chi connectivity index (χ0) is 22.4. The molecule has 0 N–H and O–H groups in total. The zero-order valence-electron chi connectivity index (χ0n) is 17.3. The number of hydroxylamine groups is 1. The van der Waals surface area contributed by atoms with Crippen molar-refractivity contribution in [3.63, 3.8) is 0 Å². The standard InChI is InChI=1S/C22H21BrN2O6/c1-24-17-7-5-4-6-16(17)21(18(24)26)12-13-22(19(27)29-2,20(28)30-3)31-25(21)15-10-8-14(23)9-11-15/h4-11H,12-13H2,1-3H3. The molecule has 1 amide bonds. The Hall–Kier alpha value is -2.91. The van der Waals surface area contributed by atoms with Crippen molar-refractivity contribution in [2.45, 2.75) is 24.0 Å². The van der Waals surface area contributed by atoms with Crippen LogP contribution in [-0.4, -0.2) is 44.7 Å². The lowest BCUT2D eigenvalue weighted by molar-refractivity contribution is -0.204. The molecule has 31 heavy (non-hydrogen) atoms. The van der Waals surface area contributed by atoms with Crippen LogP contribution >= 0.6 is 15.9 Å². The number of halogens is 1. The van der Waals surface area contributed by atoms with Gasteiger partial charge < -0.3 is 14.4 Å². The Morgan fingerprint density at radius 2 is 1.61 bits per heavy atom. The molecule has 0 bridgehead atoms. The summed E-state index contributed by atoms with van der Waals surface area (Å²) in [7, 11) is 4.04. The summed E-state index contributed by atoms with van der Waals surface area (Å²) >= 11 is 3.40.